The number of anilines is 1. The van der Waals surface area contributed by atoms with Crippen LogP contribution < -0.4 is 19.7 Å². The number of benzene rings is 3. The number of fused-ring (bicyclic) bond motifs is 1. The van der Waals surface area contributed by atoms with Crippen molar-refractivity contribution in [2.45, 2.75) is 39.3 Å². The topological polar surface area (TPSA) is 86.1 Å². The van der Waals surface area contributed by atoms with Gasteiger partial charge in [-0.1, -0.05) is 12.1 Å². The first-order chi connectivity index (χ1) is 19.5. The Labute approximate surface area is 233 Å². The van der Waals surface area contributed by atoms with Crippen molar-refractivity contribution in [2.75, 3.05) is 38.3 Å². The minimum Gasteiger partial charge on any atom is -0.493 e. The zero-order valence-electron chi connectivity index (χ0n) is 23.0. The van der Waals surface area contributed by atoms with Crippen LogP contribution in [0.2, 0.25) is 0 Å². The monoisotopic (exact) mass is 547 g/mol. The first-order valence-corrected chi connectivity index (χ1v) is 13.7. The summed E-state index contributed by atoms with van der Waals surface area (Å²) >= 11 is 0. The van der Waals surface area contributed by atoms with Gasteiger partial charge in [0.15, 0.2) is 5.58 Å². The summed E-state index contributed by atoms with van der Waals surface area (Å²) in [6.07, 6.45) is 1.85. The molecule has 4 aromatic rings. The summed E-state index contributed by atoms with van der Waals surface area (Å²) in [5.74, 6) is 0.607. The van der Waals surface area contributed by atoms with Gasteiger partial charge in [-0.2, -0.15) is 4.98 Å². The van der Waals surface area contributed by atoms with Crippen LogP contribution in [0.4, 0.5) is 10.4 Å². The van der Waals surface area contributed by atoms with E-state index in [0.29, 0.717) is 53.9 Å². The van der Waals surface area contributed by atoms with Crippen molar-refractivity contribution >= 4 is 23.1 Å². The number of methoxy groups -OCH3 is 1. The molecule has 1 fully saturated rings. The molecule has 9 heteroatoms. The lowest BCUT2D eigenvalue weighted by Crippen LogP contribution is -2.43. The third kappa shape index (κ3) is 5.89. The molecule has 5 rings (SSSR count). The van der Waals surface area contributed by atoms with Gasteiger partial charge in [0.2, 0.25) is 0 Å². The molecule has 2 heterocycles. The van der Waals surface area contributed by atoms with Gasteiger partial charge in [-0.15, -0.1) is 0 Å². The minimum absolute atomic E-state index is 0.192. The number of esters is 1. The Morgan fingerprint density at radius 2 is 1.70 bits per heavy atom. The smallest absolute Gasteiger partial charge is 0.337 e. The SMILES string of the molecule is CCOc1cc(CN(c2nc3ccc(C(=O)OC)cc3o2)C2CCNCC2)cc(OCC)c1-c1ccc(F)cc1. The summed E-state index contributed by atoms with van der Waals surface area (Å²) in [4.78, 5) is 19.0. The highest BCUT2D eigenvalue weighted by atomic mass is 19.1. The van der Waals surface area contributed by atoms with E-state index in [1.165, 1.54) is 19.2 Å². The normalized spacial score (nSPS) is 13.8. The van der Waals surface area contributed by atoms with Crippen molar-refractivity contribution < 1.29 is 27.8 Å². The third-order valence-electron chi connectivity index (χ3n) is 7.00. The molecule has 0 saturated carbocycles. The molecule has 0 aliphatic carbocycles. The second-order valence-electron chi connectivity index (χ2n) is 9.62. The fraction of sp³-hybridized carbons (Fsp3) is 0.355. The molecule has 8 nitrogen and oxygen atoms in total. The maximum atomic E-state index is 13.7. The van der Waals surface area contributed by atoms with Gasteiger partial charge in [-0.3, -0.25) is 0 Å². The Kier molecular flexibility index (Phi) is 8.50. The number of piperidine rings is 1. The summed E-state index contributed by atoms with van der Waals surface area (Å²) in [6.45, 7) is 7.10. The number of halogens is 1. The van der Waals surface area contributed by atoms with E-state index in [2.05, 4.69) is 10.2 Å². The van der Waals surface area contributed by atoms with Crippen molar-refractivity contribution in [3.63, 3.8) is 0 Å². The average Bonchev–Trinajstić information content (AvgIpc) is 3.40. The molecular formula is C31H34FN3O5. The zero-order chi connectivity index (χ0) is 28.1. The number of hydrogen-bond acceptors (Lipinski definition) is 8. The number of oxazole rings is 1. The maximum absolute atomic E-state index is 13.7. The Morgan fingerprint density at radius 3 is 2.33 bits per heavy atom. The number of rotatable bonds is 10. The molecule has 0 atom stereocenters. The fourth-order valence-electron chi connectivity index (χ4n) is 5.12. The minimum atomic E-state index is -0.428. The summed E-state index contributed by atoms with van der Waals surface area (Å²) < 4.78 is 37.0. The Hall–Kier alpha value is -4.11. The predicted molar refractivity (Wildman–Crippen MR) is 152 cm³/mol. The number of carbonyl (C=O) groups is 1. The van der Waals surface area contributed by atoms with Crippen molar-refractivity contribution in [3.8, 4) is 22.6 Å². The molecule has 1 N–H and O–H groups in total. The maximum Gasteiger partial charge on any atom is 0.337 e. The molecule has 0 amide bonds. The summed E-state index contributed by atoms with van der Waals surface area (Å²) in [5.41, 5.74) is 4.17. The molecule has 1 aromatic heterocycles. The van der Waals surface area contributed by atoms with Gasteiger partial charge < -0.3 is 28.8 Å². The van der Waals surface area contributed by atoms with E-state index in [9.17, 15) is 9.18 Å². The van der Waals surface area contributed by atoms with Gasteiger partial charge >= 0.3 is 5.97 Å². The number of nitrogens with one attached hydrogen (secondary N) is 1. The lowest BCUT2D eigenvalue weighted by Gasteiger charge is -2.34. The van der Waals surface area contributed by atoms with Gasteiger partial charge in [0.25, 0.3) is 6.01 Å². The molecule has 1 aliphatic heterocycles. The lowest BCUT2D eigenvalue weighted by molar-refractivity contribution is 0.0600. The van der Waals surface area contributed by atoms with Gasteiger partial charge in [-0.05, 0) is 93.4 Å². The van der Waals surface area contributed by atoms with E-state index in [4.69, 9.17) is 23.6 Å². The molecule has 0 spiro atoms. The molecule has 1 saturated heterocycles. The standard InChI is InChI=1S/C31H34FN3O5/c1-4-38-27-16-20(17-28(39-5-2)29(27)21-6-9-23(32)10-7-21)19-35(24-12-14-33-15-13-24)31-34-25-11-8-22(30(36)37-3)18-26(25)40-31/h6-11,16-18,24,33H,4-5,12-15,19H2,1-3H3. The number of carbonyl (C=O) groups excluding carboxylic acids is 1. The van der Waals surface area contributed by atoms with Crippen LogP contribution in [0.5, 0.6) is 11.5 Å². The highest BCUT2D eigenvalue weighted by molar-refractivity contribution is 5.93. The van der Waals surface area contributed by atoms with Crippen LogP contribution in [0.3, 0.4) is 0 Å². The van der Waals surface area contributed by atoms with Crippen molar-refractivity contribution in [1.29, 1.82) is 0 Å². The molecule has 1 aliphatic rings. The van der Waals surface area contributed by atoms with Crippen LogP contribution in [-0.4, -0.2) is 50.4 Å². The van der Waals surface area contributed by atoms with E-state index in [1.54, 1.807) is 30.3 Å². The molecule has 0 unspecified atom stereocenters. The summed E-state index contributed by atoms with van der Waals surface area (Å²) in [6, 6.07) is 16.2. The van der Waals surface area contributed by atoms with Crippen molar-refractivity contribution in [1.82, 2.24) is 10.3 Å². The average molecular weight is 548 g/mol. The fourth-order valence-corrected chi connectivity index (χ4v) is 5.12. The van der Waals surface area contributed by atoms with Crippen LogP contribution in [0, 0.1) is 5.82 Å². The third-order valence-corrected chi connectivity index (χ3v) is 7.00. The Bertz CT molecular complexity index is 1440. The quantitative estimate of drug-likeness (QED) is 0.243. The Morgan fingerprint density at radius 1 is 1.02 bits per heavy atom. The zero-order valence-corrected chi connectivity index (χ0v) is 23.0. The molecular weight excluding hydrogens is 513 g/mol. The van der Waals surface area contributed by atoms with Crippen LogP contribution in [0.15, 0.2) is 59.0 Å². The van der Waals surface area contributed by atoms with E-state index in [0.717, 1.165) is 42.6 Å². The van der Waals surface area contributed by atoms with E-state index >= 15 is 0 Å². The van der Waals surface area contributed by atoms with Crippen LogP contribution in [0.25, 0.3) is 22.2 Å². The van der Waals surface area contributed by atoms with E-state index in [1.807, 2.05) is 26.0 Å². The van der Waals surface area contributed by atoms with E-state index < -0.39 is 5.97 Å². The number of ether oxygens (including phenoxy) is 3. The van der Waals surface area contributed by atoms with E-state index in [-0.39, 0.29) is 11.9 Å². The molecule has 210 valence electrons. The first-order valence-electron chi connectivity index (χ1n) is 13.7. The van der Waals surface area contributed by atoms with Gasteiger partial charge in [-0.25, -0.2) is 9.18 Å². The number of hydrogen-bond donors (Lipinski definition) is 1. The highest BCUT2D eigenvalue weighted by Gasteiger charge is 2.27. The van der Waals surface area contributed by atoms with Crippen LogP contribution in [0.1, 0.15) is 42.6 Å². The van der Waals surface area contributed by atoms with Crippen LogP contribution >= 0.6 is 0 Å². The Balaban J connectivity index is 1.56. The number of nitrogens with zero attached hydrogens (tertiary/aromatic N) is 2. The summed E-state index contributed by atoms with van der Waals surface area (Å²) in [7, 11) is 1.35. The second-order valence-corrected chi connectivity index (χ2v) is 9.62. The number of aromatic nitrogens is 1. The predicted octanol–water partition coefficient (Wildman–Crippen LogP) is 5.98. The second kappa shape index (κ2) is 12.4. The first kappa shape index (κ1) is 27.5. The molecule has 3 aromatic carbocycles. The highest BCUT2D eigenvalue weighted by Crippen LogP contribution is 2.41. The summed E-state index contributed by atoms with van der Waals surface area (Å²) in [5, 5.41) is 3.42. The van der Waals surface area contributed by atoms with Gasteiger partial charge in [0.1, 0.15) is 22.8 Å². The van der Waals surface area contributed by atoms with Crippen LogP contribution in [-0.2, 0) is 11.3 Å². The largest absolute Gasteiger partial charge is 0.493 e. The molecule has 0 radical (unpaired) electrons. The van der Waals surface area contributed by atoms with Gasteiger partial charge in [0.05, 0.1) is 31.5 Å². The van der Waals surface area contributed by atoms with Crippen molar-refractivity contribution in [2.24, 2.45) is 0 Å². The van der Waals surface area contributed by atoms with Gasteiger partial charge in [0, 0.05) is 12.6 Å². The lowest BCUT2D eigenvalue weighted by atomic mass is 9.99. The van der Waals surface area contributed by atoms with Crippen molar-refractivity contribution in [3.05, 3.63) is 71.5 Å². The molecule has 0 bridgehead atoms. The molecule has 40 heavy (non-hydrogen) atoms.